The molecule has 0 aliphatic carbocycles. The van der Waals surface area contributed by atoms with Gasteiger partial charge in [-0.1, -0.05) is 37.3 Å². The van der Waals surface area contributed by atoms with Crippen molar-refractivity contribution in [3.63, 3.8) is 0 Å². The molecule has 1 atom stereocenters. The topological polar surface area (TPSA) is 45.2 Å². The fourth-order valence-electron chi connectivity index (χ4n) is 3.30. The maximum Gasteiger partial charge on any atom is 0.317 e. The Hall–Kier alpha value is -2.36. The number of carbonyl (C=O) groups excluding carboxylic acids is 1. The number of piperidine rings is 1. The van der Waals surface area contributed by atoms with Crippen molar-refractivity contribution in [2.75, 3.05) is 19.6 Å². The Morgan fingerprint density at radius 2 is 1.83 bits per heavy atom. The maximum absolute atomic E-state index is 12.4. The molecule has 2 heterocycles. The molecule has 24 heavy (non-hydrogen) atoms. The van der Waals surface area contributed by atoms with Gasteiger partial charge in [0.1, 0.15) is 0 Å². The molecule has 1 aromatic heterocycles. The predicted molar refractivity (Wildman–Crippen MR) is 96.0 cm³/mol. The van der Waals surface area contributed by atoms with Crippen LogP contribution < -0.4 is 5.32 Å². The molecule has 1 saturated heterocycles. The van der Waals surface area contributed by atoms with Gasteiger partial charge in [0.15, 0.2) is 0 Å². The highest BCUT2D eigenvalue weighted by atomic mass is 16.2. The molecule has 2 aromatic rings. The maximum atomic E-state index is 12.4. The largest absolute Gasteiger partial charge is 0.337 e. The monoisotopic (exact) mass is 323 g/mol. The molecule has 1 aliphatic heterocycles. The highest BCUT2D eigenvalue weighted by Crippen LogP contribution is 2.27. The second-order valence-electron chi connectivity index (χ2n) is 6.54. The van der Waals surface area contributed by atoms with Gasteiger partial charge in [-0.15, -0.1) is 0 Å². The van der Waals surface area contributed by atoms with Crippen molar-refractivity contribution in [2.45, 2.75) is 31.6 Å². The van der Waals surface area contributed by atoms with Crippen LogP contribution in [0.1, 0.15) is 42.7 Å². The quantitative estimate of drug-likeness (QED) is 0.931. The summed E-state index contributed by atoms with van der Waals surface area (Å²) in [4.78, 5) is 18.4. The lowest BCUT2D eigenvalue weighted by Gasteiger charge is -2.32. The summed E-state index contributed by atoms with van der Waals surface area (Å²) in [6.45, 7) is 4.45. The van der Waals surface area contributed by atoms with Crippen LogP contribution in [0.3, 0.4) is 0 Å². The van der Waals surface area contributed by atoms with E-state index < -0.39 is 0 Å². The van der Waals surface area contributed by atoms with Crippen LogP contribution in [-0.2, 0) is 0 Å². The number of amides is 2. The van der Waals surface area contributed by atoms with Crippen LogP contribution in [0.15, 0.2) is 54.9 Å². The summed E-state index contributed by atoms with van der Waals surface area (Å²) in [5.74, 6) is 0.866. The van der Waals surface area contributed by atoms with E-state index in [-0.39, 0.29) is 6.03 Å². The summed E-state index contributed by atoms with van der Waals surface area (Å²) >= 11 is 0. The van der Waals surface area contributed by atoms with E-state index in [2.05, 4.69) is 41.5 Å². The van der Waals surface area contributed by atoms with Gasteiger partial charge in [0, 0.05) is 32.0 Å². The van der Waals surface area contributed by atoms with Crippen molar-refractivity contribution < 1.29 is 4.79 Å². The smallest absolute Gasteiger partial charge is 0.317 e. The van der Waals surface area contributed by atoms with Gasteiger partial charge in [0.05, 0.1) is 0 Å². The summed E-state index contributed by atoms with van der Waals surface area (Å²) in [5, 5.41) is 3.08. The van der Waals surface area contributed by atoms with E-state index in [0.29, 0.717) is 18.4 Å². The molecule has 1 aliphatic rings. The summed E-state index contributed by atoms with van der Waals surface area (Å²) in [6.07, 6.45) is 5.73. The van der Waals surface area contributed by atoms with Gasteiger partial charge in [-0.25, -0.2) is 4.79 Å². The first kappa shape index (κ1) is 16.5. The molecule has 1 fully saturated rings. The van der Waals surface area contributed by atoms with Crippen molar-refractivity contribution in [2.24, 2.45) is 0 Å². The molecular formula is C20H25N3O. The molecule has 0 saturated carbocycles. The molecule has 0 bridgehead atoms. The SMILES string of the molecule is CC(CNC(=O)N1CCC(c2ccncc2)CC1)c1ccccc1. The van der Waals surface area contributed by atoms with Crippen molar-refractivity contribution in [1.29, 1.82) is 0 Å². The Kier molecular flexibility index (Phi) is 5.47. The number of benzene rings is 1. The molecule has 4 heteroatoms. The van der Waals surface area contributed by atoms with Crippen LogP contribution >= 0.6 is 0 Å². The minimum absolute atomic E-state index is 0.0611. The second kappa shape index (κ2) is 7.95. The zero-order valence-electron chi connectivity index (χ0n) is 14.2. The number of aromatic nitrogens is 1. The minimum atomic E-state index is 0.0611. The van der Waals surface area contributed by atoms with Crippen LogP contribution in [0, 0.1) is 0 Å². The van der Waals surface area contributed by atoms with E-state index in [0.717, 1.165) is 25.9 Å². The normalized spacial score (nSPS) is 16.6. The van der Waals surface area contributed by atoms with Crippen LogP contribution in [0.4, 0.5) is 4.79 Å². The fourth-order valence-corrected chi connectivity index (χ4v) is 3.30. The van der Waals surface area contributed by atoms with E-state index in [4.69, 9.17) is 0 Å². The van der Waals surface area contributed by atoms with Gasteiger partial charge in [-0.05, 0) is 47.9 Å². The zero-order chi connectivity index (χ0) is 16.8. The molecule has 126 valence electrons. The van der Waals surface area contributed by atoms with Crippen molar-refractivity contribution in [3.05, 3.63) is 66.0 Å². The van der Waals surface area contributed by atoms with Gasteiger partial charge in [0.2, 0.25) is 0 Å². The summed E-state index contributed by atoms with van der Waals surface area (Å²) in [5.41, 5.74) is 2.59. The Morgan fingerprint density at radius 3 is 2.50 bits per heavy atom. The lowest BCUT2D eigenvalue weighted by atomic mass is 9.90. The first-order valence-electron chi connectivity index (χ1n) is 8.71. The third-order valence-electron chi connectivity index (χ3n) is 4.89. The molecule has 1 aromatic carbocycles. The van der Waals surface area contributed by atoms with Crippen molar-refractivity contribution >= 4 is 6.03 Å². The van der Waals surface area contributed by atoms with Gasteiger partial charge in [0.25, 0.3) is 0 Å². The van der Waals surface area contributed by atoms with Gasteiger partial charge in [-0.2, -0.15) is 0 Å². The highest BCUT2D eigenvalue weighted by molar-refractivity contribution is 5.74. The summed E-state index contributed by atoms with van der Waals surface area (Å²) < 4.78 is 0. The van der Waals surface area contributed by atoms with Crippen LogP contribution in [-0.4, -0.2) is 35.5 Å². The van der Waals surface area contributed by atoms with E-state index in [1.165, 1.54) is 11.1 Å². The molecule has 0 spiro atoms. The van der Waals surface area contributed by atoms with Crippen LogP contribution in [0.2, 0.25) is 0 Å². The molecule has 3 rings (SSSR count). The predicted octanol–water partition coefficient (Wildman–Crippen LogP) is 3.77. The Labute approximate surface area is 143 Å². The first-order valence-corrected chi connectivity index (χ1v) is 8.71. The molecule has 4 nitrogen and oxygen atoms in total. The number of carbonyl (C=O) groups is 1. The van der Waals surface area contributed by atoms with E-state index in [1.807, 2.05) is 35.5 Å². The van der Waals surface area contributed by atoms with Crippen LogP contribution in [0.25, 0.3) is 0 Å². The zero-order valence-corrected chi connectivity index (χ0v) is 14.2. The van der Waals surface area contributed by atoms with E-state index >= 15 is 0 Å². The van der Waals surface area contributed by atoms with Gasteiger partial charge in [-0.3, -0.25) is 4.98 Å². The molecule has 1 N–H and O–H groups in total. The number of hydrogen-bond acceptors (Lipinski definition) is 2. The van der Waals surface area contributed by atoms with Gasteiger partial charge < -0.3 is 10.2 Å². The van der Waals surface area contributed by atoms with E-state index in [1.54, 1.807) is 0 Å². The number of nitrogens with zero attached hydrogens (tertiary/aromatic N) is 2. The molecule has 2 amide bonds. The second-order valence-corrected chi connectivity index (χ2v) is 6.54. The van der Waals surface area contributed by atoms with Crippen molar-refractivity contribution in [3.8, 4) is 0 Å². The highest BCUT2D eigenvalue weighted by Gasteiger charge is 2.23. The molecular weight excluding hydrogens is 298 g/mol. The van der Waals surface area contributed by atoms with Gasteiger partial charge >= 0.3 is 6.03 Å². The Morgan fingerprint density at radius 1 is 1.17 bits per heavy atom. The lowest BCUT2D eigenvalue weighted by molar-refractivity contribution is 0.181. The van der Waals surface area contributed by atoms with E-state index in [9.17, 15) is 4.79 Å². The molecule has 1 unspecified atom stereocenters. The average Bonchev–Trinajstić information content (AvgIpc) is 2.67. The fraction of sp³-hybridized carbons (Fsp3) is 0.400. The number of nitrogens with one attached hydrogen (secondary N) is 1. The number of rotatable bonds is 4. The number of likely N-dealkylation sites (tertiary alicyclic amines) is 1. The third kappa shape index (κ3) is 4.13. The Balaban J connectivity index is 1.45. The first-order chi connectivity index (χ1) is 11.7. The molecule has 0 radical (unpaired) electrons. The number of hydrogen-bond donors (Lipinski definition) is 1. The standard InChI is InChI=1S/C20H25N3O/c1-16(17-5-3-2-4-6-17)15-22-20(24)23-13-9-19(10-14-23)18-7-11-21-12-8-18/h2-8,11-12,16,19H,9-10,13-15H2,1H3,(H,22,24). The number of pyridine rings is 1. The third-order valence-corrected chi connectivity index (χ3v) is 4.89. The Bertz CT molecular complexity index is 636. The van der Waals surface area contributed by atoms with Crippen LogP contribution in [0.5, 0.6) is 0 Å². The summed E-state index contributed by atoms with van der Waals surface area (Å²) in [7, 11) is 0. The average molecular weight is 323 g/mol. The summed E-state index contributed by atoms with van der Waals surface area (Å²) in [6, 6.07) is 14.5. The minimum Gasteiger partial charge on any atom is -0.337 e. The van der Waals surface area contributed by atoms with Crippen molar-refractivity contribution in [1.82, 2.24) is 15.2 Å². The lowest BCUT2D eigenvalue weighted by Crippen LogP contribution is -2.45. The number of urea groups is 1.